The van der Waals surface area contributed by atoms with E-state index < -0.39 is 0 Å². The first-order valence-corrected chi connectivity index (χ1v) is 10.4. The Morgan fingerprint density at radius 1 is 1.04 bits per heavy atom. The fourth-order valence-corrected chi connectivity index (χ4v) is 4.66. The Hall–Kier alpha value is -1.39. The third kappa shape index (κ3) is 4.29. The van der Waals surface area contributed by atoms with Gasteiger partial charge in [-0.3, -0.25) is 4.79 Å². The molecule has 2 bridgehead atoms. The summed E-state index contributed by atoms with van der Waals surface area (Å²) >= 11 is 0. The third-order valence-electron chi connectivity index (χ3n) is 6.42. The summed E-state index contributed by atoms with van der Waals surface area (Å²) in [6, 6.07) is 10.8. The standard InChI is InChI=1S/C22H32N2O2/c25-22-20-10-11-21(24(22)14-18-8-4-9-18)16-23(15-20)12-5-13-26-17-19-6-2-1-3-7-19/h1-3,6-7,18,20-21H,4-5,8-17H2/t20-,21+/m1/s1. The van der Waals surface area contributed by atoms with Gasteiger partial charge in [0.2, 0.25) is 5.91 Å². The molecule has 1 aromatic carbocycles. The van der Waals surface area contributed by atoms with E-state index in [0.29, 0.717) is 18.6 Å². The van der Waals surface area contributed by atoms with Crippen LogP contribution in [0.3, 0.4) is 0 Å². The van der Waals surface area contributed by atoms with Gasteiger partial charge in [0.05, 0.1) is 12.5 Å². The average Bonchev–Trinajstić information content (AvgIpc) is 2.90. The van der Waals surface area contributed by atoms with Crippen molar-refractivity contribution in [3.05, 3.63) is 35.9 Å². The molecule has 5 rings (SSSR count). The minimum Gasteiger partial charge on any atom is -0.377 e. The third-order valence-corrected chi connectivity index (χ3v) is 6.42. The van der Waals surface area contributed by atoms with Crippen LogP contribution in [0, 0.1) is 11.8 Å². The Morgan fingerprint density at radius 2 is 1.88 bits per heavy atom. The first-order valence-electron chi connectivity index (χ1n) is 10.4. The van der Waals surface area contributed by atoms with E-state index in [1.165, 1.54) is 31.2 Å². The Labute approximate surface area is 157 Å². The number of ether oxygens (including phenoxy) is 1. The molecule has 2 atom stereocenters. The number of nitrogens with zero attached hydrogens (tertiary/aromatic N) is 2. The Balaban J connectivity index is 1.22. The summed E-state index contributed by atoms with van der Waals surface area (Å²) in [4.78, 5) is 17.6. The van der Waals surface area contributed by atoms with Crippen LogP contribution in [0.1, 0.15) is 44.1 Å². The number of rotatable bonds is 8. The van der Waals surface area contributed by atoms with E-state index in [1.54, 1.807) is 0 Å². The molecule has 0 spiro atoms. The minimum atomic E-state index is 0.235. The number of carbonyl (C=O) groups is 1. The summed E-state index contributed by atoms with van der Waals surface area (Å²) in [5.41, 5.74) is 1.23. The highest BCUT2D eigenvalue weighted by Gasteiger charge is 2.41. The van der Waals surface area contributed by atoms with Gasteiger partial charge in [-0.2, -0.15) is 0 Å². The van der Waals surface area contributed by atoms with E-state index in [9.17, 15) is 4.79 Å². The van der Waals surface area contributed by atoms with Crippen LogP contribution in [0.15, 0.2) is 30.3 Å². The highest BCUT2D eigenvalue weighted by atomic mass is 16.5. The quantitative estimate of drug-likeness (QED) is 0.670. The summed E-state index contributed by atoms with van der Waals surface area (Å²) in [6.45, 7) is 5.57. The van der Waals surface area contributed by atoms with Gasteiger partial charge in [-0.05, 0) is 43.6 Å². The Morgan fingerprint density at radius 3 is 2.65 bits per heavy atom. The molecule has 0 radical (unpaired) electrons. The largest absolute Gasteiger partial charge is 0.377 e. The fourth-order valence-electron chi connectivity index (χ4n) is 4.66. The van der Waals surface area contributed by atoms with Crippen molar-refractivity contribution in [3.63, 3.8) is 0 Å². The zero-order chi connectivity index (χ0) is 17.8. The lowest BCUT2D eigenvalue weighted by molar-refractivity contribution is -0.141. The Kier molecular flexibility index (Phi) is 5.91. The monoisotopic (exact) mass is 356 g/mol. The smallest absolute Gasteiger partial charge is 0.227 e. The van der Waals surface area contributed by atoms with E-state index in [1.807, 2.05) is 6.07 Å². The predicted octanol–water partition coefficient (Wildman–Crippen LogP) is 3.32. The molecule has 142 valence electrons. The number of fused-ring (bicyclic) bond motifs is 4. The lowest BCUT2D eigenvalue weighted by Gasteiger charge is -2.40. The summed E-state index contributed by atoms with van der Waals surface area (Å²) in [7, 11) is 0. The highest BCUT2D eigenvalue weighted by molar-refractivity contribution is 5.80. The minimum absolute atomic E-state index is 0.235. The molecule has 26 heavy (non-hydrogen) atoms. The van der Waals surface area contributed by atoms with Gasteiger partial charge in [-0.25, -0.2) is 0 Å². The van der Waals surface area contributed by atoms with Crippen molar-refractivity contribution in [1.29, 1.82) is 0 Å². The summed E-state index contributed by atoms with van der Waals surface area (Å²) in [5.74, 6) is 1.45. The molecule has 3 heterocycles. The molecule has 4 fully saturated rings. The number of amides is 1. The molecule has 3 aliphatic heterocycles. The number of carbonyl (C=O) groups excluding carboxylic acids is 1. The number of hydrogen-bond donors (Lipinski definition) is 0. The molecule has 4 aliphatic rings. The van der Waals surface area contributed by atoms with Crippen molar-refractivity contribution in [2.75, 3.05) is 32.8 Å². The highest BCUT2D eigenvalue weighted by Crippen LogP contribution is 2.33. The fraction of sp³-hybridized carbons (Fsp3) is 0.682. The molecule has 1 saturated carbocycles. The van der Waals surface area contributed by atoms with Gasteiger partial charge in [0, 0.05) is 38.8 Å². The van der Waals surface area contributed by atoms with Gasteiger partial charge in [0.25, 0.3) is 0 Å². The van der Waals surface area contributed by atoms with Gasteiger partial charge < -0.3 is 14.5 Å². The van der Waals surface area contributed by atoms with Crippen LogP contribution < -0.4 is 0 Å². The van der Waals surface area contributed by atoms with Crippen molar-refractivity contribution in [3.8, 4) is 0 Å². The zero-order valence-electron chi connectivity index (χ0n) is 15.8. The van der Waals surface area contributed by atoms with Crippen LogP contribution in [-0.2, 0) is 16.1 Å². The normalized spacial score (nSPS) is 26.8. The molecule has 1 aromatic rings. The first kappa shape index (κ1) is 18.0. The zero-order valence-corrected chi connectivity index (χ0v) is 15.8. The SMILES string of the molecule is O=C1[C@@H]2CC[C@@H](CN(CCCOCc3ccccc3)C2)N1CC1CCC1. The molecule has 1 amide bonds. The van der Waals surface area contributed by atoms with E-state index in [-0.39, 0.29) is 5.92 Å². The van der Waals surface area contributed by atoms with E-state index in [0.717, 1.165) is 51.5 Å². The second-order valence-corrected chi connectivity index (χ2v) is 8.37. The molecule has 0 N–H and O–H groups in total. The van der Waals surface area contributed by atoms with Gasteiger partial charge >= 0.3 is 0 Å². The first-order chi connectivity index (χ1) is 12.8. The van der Waals surface area contributed by atoms with Crippen LogP contribution in [0.5, 0.6) is 0 Å². The summed E-state index contributed by atoms with van der Waals surface area (Å²) < 4.78 is 5.82. The van der Waals surface area contributed by atoms with Crippen LogP contribution >= 0.6 is 0 Å². The molecule has 4 nitrogen and oxygen atoms in total. The number of benzene rings is 1. The lowest BCUT2D eigenvalue weighted by atomic mass is 9.83. The number of hydrogen-bond acceptors (Lipinski definition) is 3. The summed E-state index contributed by atoms with van der Waals surface area (Å²) in [6.07, 6.45) is 7.34. The van der Waals surface area contributed by atoms with Gasteiger partial charge in [-0.1, -0.05) is 36.8 Å². The average molecular weight is 357 g/mol. The predicted molar refractivity (Wildman–Crippen MR) is 103 cm³/mol. The molecular formula is C22H32N2O2. The molecule has 1 aliphatic carbocycles. The van der Waals surface area contributed by atoms with Crippen molar-refractivity contribution in [2.24, 2.45) is 11.8 Å². The van der Waals surface area contributed by atoms with Gasteiger partial charge in [-0.15, -0.1) is 0 Å². The maximum atomic E-state index is 12.8. The molecule has 0 aromatic heterocycles. The van der Waals surface area contributed by atoms with E-state index >= 15 is 0 Å². The molecular weight excluding hydrogens is 324 g/mol. The molecule has 3 saturated heterocycles. The van der Waals surface area contributed by atoms with Gasteiger partial charge in [0.1, 0.15) is 0 Å². The topological polar surface area (TPSA) is 32.8 Å². The summed E-state index contributed by atoms with van der Waals surface area (Å²) in [5, 5.41) is 0. The van der Waals surface area contributed by atoms with Crippen molar-refractivity contribution in [2.45, 2.75) is 51.2 Å². The van der Waals surface area contributed by atoms with E-state index in [4.69, 9.17) is 4.74 Å². The van der Waals surface area contributed by atoms with Crippen LogP contribution in [0.4, 0.5) is 0 Å². The maximum absolute atomic E-state index is 12.8. The molecule has 0 unspecified atom stereocenters. The van der Waals surface area contributed by atoms with Crippen LogP contribution in [0.25, 0.3) is 0 Å². The van der Waals surface area contributed by atoms with Crippen LogP contribution in [-0.4, -0.2) is 54.5 Å². The molecule has 4 heteroatoms. The lowest BCUT2D eigenvalue weighted by Crippen LogP contribution is -2.50. The van der Waals surface area contributed by atoms with Gasteiger partial charge in [0.15, 0.2) is 0 Å². The van der Waals surface area contributed by atoms with Crippen molar-refractivity contribution in [1.82, 2.24) is 9.80 Å². The van der Waals surface area contributed by atoms with E-state index in [2.05, 4.69) is 34.1 Å². The van der Waals surface area contributed by atoms with Crippen LogP contribution in [0.2, 0.25) is 0 Å². The number of piperidine rings is 1. The van der Waals surface area contributed by atoms with Crippen molar-refractivity contribution >= 4 is 5.91 Å². The Bertz CT molecular complexity index is 587. The van der Waals surface area contributed by atoms with Crippen molar-refractivity contribution < 1.29 is 9.53 Å². The second kappa shape index (κ2) is 8.53. The maximum Gasteiger partial charge on any atom is 0.227 e. The second-order valence-electron chi connectivity index (χ2n) is 8.37.